The number of halogens is 3. The summed E-state index contributed by atoms with van der Waals surface area (Å²) in [7, 11) is 0. The van der Waals surface area contributed by atoms with E-state index in [1.807, 2.05) is 12.1 Å². The topological polar surface area (TPSA) is 102 Å². The Kier molecular flexibility index (Phi) is 8.53. The number of aromatic nitrogens is 2. The van der Waals surface area contributed by atoms with E-state index in [0.29, 0.717) is 34.7 Å². The molecule has 2 heterocycles. The lowest BCUT2D eigenvalue weighted by molar-refractivity contribution is -0.137. The molecule has 2 aliphatic rings. The van der Waals surface area contributed by atoms with Crippen molar-refractivity contribution in [2.24, 2.45) is 0 Å². The molecule has 7 nitrogen and oxygen atoms in total. The number of thioether (sulfide) groups is 1. The Morgan fingerprint density at radius 3 is 2.51 bits per heavy atom. The molecular formula is C28H30F3N5O2S. The summed E-state index contributed by atoms with van der Waals surface area (Å²) in [5, 5.41) is 29.1. The number of nitrogens with zero attached hydrogens (tertiary/aromatic N) is 2. The van der Waals surface area contributed by atoms with Crippen LogP contribution in [0.15, 0.2) is 65.7 Å². The van der Waals surface area contributed by atoms with Crippen molar-refractivity contribution in [1.82, 2.24) is 20.6 Å². The summed E-state index contributed by atoms with van der Waals surface area (Å²) in [4.78, 5) is 9.43. The average molecular weight is 558 g/mol. The van der Waals surface area contributed by atoms with Crippen molar-refractivity contribution in [3.8, 4) is 11.1 Å². The molecule has 39 heavy (non-hydrogen) atoms. The van der Waals surface area contributed by atoms with Crippen molar-refractivity contribution in [1.29, 1.82) is 0 Å². The lowest BCUT2D eigenvalue weighted by Crippen LogP contribution is -2.36. The Morgan fingerprint density at radius 2 is 1.77 bits per heavy atom. The second-order valence-electron chi connectivity index (χ2n) is 9.71. The van der Waals surface area contributed by atoms with Gasteiger partial charge in [0, 0.05) is 29.7 Å². The summed E-state index contributed by atoms with van der Waals surface area (Å²) in [6, 6.07) is 15.2. The highest BCUT2D eigenvalue weighted by Crippen LogP contribution is 2.37. The van der Waals surface area contributed by atoms with Gasteiger partial charge in [-0.3, -0.25) is 5.32 Å². The van der Waals surface area contributed by atoms with E-state index in [2.05, 4.69) is 25.9 Å². The zero-order chi connectivity index (χ0) is 27.4. The molecule has 1 aliphatic carbocycles. The molecule has 1 aromatic heterocycles. The van der Waals surface area contributed by atoms with E-state index in [0.717, 1.165) is 49.1 Å². The van der Waals surface area contributed by atoms with Gasteiger partial charge in [-0.25, -0.2) is 9.97 Å². The lowest BCUT2D eigenvalue weighted by atomic mass is 9.91. The van der Waals surface area contributed by atoms with Gasteiger partial charge < -0.3 is 20.8 Å². The van der Waals surface area contributed by atoms with Crippen LogP contribution >= 0.6 is 11.8 Å². The molecule has 206 valence electrons. The maximum Gasteiger partial charge on any atom is 0.417 e. The number of aliphatic hydroxyl groups excluding tert-OH is 2. The van der Waals surface area contributed by atoms with Crippen LogP contribution < -0.4 is 16.0 Å². The molecule has 0 spiro atoms. The van der Waals surface area contributed by atoms with E-state index in [9.17, 15) is 23.4 Å². The predicted molar refractivity (Wildman–Crippen MR) is 146 cm³/mol. The Balaban J connectivity index is 1.13. The number of aliphatic hydroxyl groups is 2. The van der Waals surface area contributed by atoms with Crippen LogP contribution in [0.3, 0.4) is 0 Å². The molecule has 1 saturated carbocycles. The van der Waals surface area contributed by atoms with Gasteiger partial charge in [0.25, 0.3) is 0 Å². The van der Waals surface area contributed by atoms with Crippen LogP contribution in [0.2, 0.25) is 0 Å². The minimum atomic E-state index is -4.40. The summed E-state index contributed by atoms with van der Waals surface area (Å²) in [5.74, 6) is 0.516. The lowest BCUT2D eigenvalue weighted by Gasteiger charge is -2.30. The normalized spacial score (nSPS) is 24.7. The number of rotatable bonds is 7. The van der Waals surface area contributed by atoms with Crippen LogP contribution in [-0.2, 0) is 12.7 Å². The predicted octanol–water partition coefficient (Wildman–Crippen LogP) is 4.95. The first-order chi connectivity index (χ1) is 18.7. The molecule has 0 amide bonds. The van der Waals surface area contributed by atoms with Crippen LogP contribution in [0.25, 0.3) is 17.2 Å². The van der Waals surface area contributed by atoms with Crippen LogP contribution in [0.4, 0.5) is 19.1 Å². The summed E-state index contributed by atoms with van der Waals surface area (Å²) < 4.78 is 40.4. The molecule has 2 atom stereocenters. The van der Waals surface area contributed by atoms with Gasteiger partial charge in [0.05, 0.1) is 11.3 Å². The van der Waals surface area contributed by atoms with Crippen LogP contribution in [0.5, 0.6) is 0 Å². The van der Waals surface area contributed by atoms with Gasteiger partial charge in [-0.1, -0.05) is 48.2 Å². The third kappa shape index (κ3) is 7.17. The Morgan fingerprint density at radius 1 is 1.00 bits per heavy atom. The summed E-state index contributed by atoms with van der Waals surface area (Å²) >= 11 is 1.14. The van der Waals surface area contributed by atoms with Crippen molar-refractivity contribution >= 4 is 23.8 Å². The minimum Gasteiger partial charge on any atom is -0.374 e. The van der Waals surface area contributed by atoms with Crippen molar-refractivity contribution in [3.63, 3.8) is 0 Å². The van der Waals surface area contributed by atoms with Gasteiger partial charge in [-0.2, -0.15) is 13.2 Å². The fourth-order valence-corrected chi connectivity index (χ4v) is 5.78. The molecule has 11 heteroatoms. The van der Waals surface area contributed by atoms with E-state index < -0.39 is 23.5 Å². The van der Waals surface area contributed by atoms with Gasteiger partial charge in [0.2, 0.25) is 5.95 Å². The maximum absolute atomic E-state index is 13.5. The Bertz CT molecular complexity index is 1310. The van der Waals surface area contributed by atoms with Gasteiger partial charge in [0.15, 0.2) is 5.56 Å². The number of nitrogens with one attached hydrogen (secondary N) is 3. The van der Waals surface area contributed by atoms with Crippen molar-refractivity contribution in [2.75, 3.05) is 5.32 Å². The van der Waals surface area contributed by atoms with Gasteiger partial charge >= 0.3 is 6.18 Å². The molecule has 2 unspecified atom stereocenters. The van der Waals surface area contributed by atoms with Crippen LogP contribution in [0.1, 0.15) is 42.5 Å². The molecule has 3 aromatic rings. The first-order valence-corrected chi connectivity index (χ1v) is 13.7. The number of hydrogen-bond acceptors (Lipinski definition) is 8. The van der Waals surface area contributed by atoms with E-state index in [1.54, 1.807) is 36.5 Å². The minimum absolute atomic E-state index is 0.188. The van der Waals surface area contributed by atoms with E-state index in [-0.39, 0.29) is 11.6 Å². The Hall–Kier alpha value is -2.96. The second kappa shape index (κ2) is 12.1. The SMILES string of the molecule is OC1NC(O)/C(=C/c2ccnc(NC3CCC(NCc4cccc(-c5ccccc5C(F)(F)F)c4)CC3)n2)S1. The number of alkyl halides is 3. The molecule has 0 bridgehead atoms. The Labute approximate surface area is 229 Å². The van der Waals surface area contributed by atoms with E-state index in [1.165, 1.54) is 12.1 Å². The molecule has 1 saturated heterocycles. The highest BCUT2D eigenvalue weighted by Gasteiger charge is 2.33. The summed E-state index contributed by atoms with van der Waals surface area (Å²) in [5.41, 5.74) is 0.856. The number of anilines is 1. The quantitative estimate of drug-likeness (QED) is 0.278. The zero-order valence-electron chi connectivity index (χ0n) is 21.0. The third-order valence-corrected chi connectivity index (χ3v) is 7.88. The highest BCUT2D eigenvalue weighted by molar-refractivity contribution is 8.03. The first-order valence-electron chi connectivity index (χ1n) is 12.8. The van der Waals surface area contributed by atoms with Crippen LogP contribution in [-0.4, -0.2) is 44.1 Å². The van der Waals surface area contributed by atoms with Crippen molar-refractivity contribution < 1.29 is 23.4 Å². The van der Waals surface area contributed by atoms with Crippen LogP contribution in [0, 0.1) is 0 Å². The molecule has 5 N–H and O–H groups in total. The standard InChI is InChI=1S/C28H30F3N5O2S/c29-28(30,31)23-7-2-1-6-22(23)18-5-3-4-17(14-18)16-33-19-8-10-20(11-9-19)34-26-32-13-12-21(35-26)15-24-25(37)36-27(38)39-24/h1-7,12-15,19-20,25,27,33,36-38H,8-11,16H2,(H,32,34,35)/b24-15-. The van der Waals surface area contributed by atoms with Crippen molar-refractivity contribution in [2.45, 2.75) is 62.3 Å². The summed E-state index contributed by atoms with van der Waals surface area (Å²) in [6.45, 7) is 0.581. The average Bonchev–Trinajstić information content (AvgIpc) is 3.24. The fraction of sp³-hybridized carbons (Fsp3) is 0.357. The summed E-state index contributed by atoms with van der Waals surface area (Å²) in [6.07, 6.45) is 1.81. The van der Waals surface area contributed by atoms with E-state index >= 15 is 0 Å². The molecular weight excluding hydrogens is 527 g/mol. The monoisotopic (exact) mass is 557 g/mol. The molecule has 1 aliphatic heterocycles. The highest BCUT2D eigenvalue weighted by atomic mass is 32.2. The number of benzene rings is 2. The van der Waals surface area contributed by atoms with Gasteiger partial charge in [-0.05, 0) is 66.6 Å². The molecule has 2 fully saturated rings. The molecule has 0 radical (unpaired) electrons. The van der Waals surface area contributed by atoms with Crippen molar-refractivity contribution in [3.05, 3.63) is 82.5 Å². The maximum atomic E-state index is 13.5. The zero-order valence-corrected chi connectivity index (χ0v) is 21.8. The smallest absolute Gasteiger partial charge is 0.374 e. The second-order valence-corrected chi connectivity index (χ2v) is 10.9. The largest absolute Gasteiger partial charge is 0.417 e. The first kappa shape index (κ1) is 27.6. The van der Waals surface area contributed by atoms with Gasteiger partial charge in [0.1, 0.15) is 6.23 Å². The third-order valence-electron chi connectivity index (χ3n) is 6.91. The van der Waals surface area contributed by atoms with Gasteiger partial charge in [-0.15, -0.1) is 0 Å². The van der Waals surface area contributed by atoms with E-state index in [4.69, 9.17) is 0 Å². The fourth-order valence-electron chi connectivity index (χ4n) is 4.94. The molecule has 5 rings (SSSR count). The number of hydrogen-bond donors (Lipinski definition) is 5. The molecule has 2 aromatic carbocycles.